The van der Waals surface area contributed by atoms with E-state index in [1.807, 2.05) is 0 Å². The highest BCUT2D eigenvalue weighted by molar-refractivity contribution is 5.88. The lowest BCUT2D eigenvalue weighted by Crippen LogP contribution is -2.11. The lowest BCUT2D eigenvalue weighted by atomic mass is 9.88. The Morgan fingerprint density at radius 3 is 3.00 bits per heavy atom. The van der Waals surface area contributed by atoms with E-state index in [1.165, 1.54) is 42.3 Å². The number of aromatic nitrogens is 1. The maximum absolute atomic E-state index is 2.58. The van der Waals surface area contributed by atoms with Crippen LogP contribution in [-0.2, 0) is 0 Å². The zero-order chi connectivity index (χ0) is 11.4. The van der Waals surface area contributed by atoms with Crippen LogP contribution in [0.2, 0.25) is 0 Å². The summed E-state index contributed by atoms with van der Waals surface area (Å²) in [6.07, 6.45) is 5.41. The van der Waals surface area contributed by atoms with E-state index in [4.69, 9.17) is 0 Å². The normalized spacial score (nSPS) is 23.0. The van der Waals surface area contributed by atoms with Crippen molar-refractivity contribution in [2.75, 3.05) is 0 Å². The van der Waals surface area contributed by atoms with Gasteiger partial charge in [0.2, 0.25) is 0 Å². The minimum atomic E-state index is 0.665. The highest BCUT2D eigenvalue weighted by Crippen LogP contribution is 2.47. The topological polar surface area (TPSA) is 4.93 Å². The van der Waals surface area contributed by atoms with Crippen LogP contribution in [0.25, 0.3) is 16.5 Å². The minimum absolute atomic E-state index is 0.665. The van der Waals surface area contributed by atoms with Crippen molar-refractivity contribution in [2.45, 2.75) is 38.6 Å². The predicted octanol–water partition coefficient (Wildman–Crippen LogP) is 4.54. The average Bonchev–Trinajstić information content (AvgIpc) is 2.88. The number of fused-ring (bicyclic) bond motifs is 5. The fraction of sp³-hybridized carbons (Fsp3) is 0.375. The van der Waals surface area contributed by atoms with Gasteiger partial charge in [-0.25, -0.2) is 0 Å². The van der Waals surface area contributed by atoms with Gasteiger partial charge in [-0.1, -0.05) is 24.6 Å². The molecule has 1 atom stereocenters. The molecule has 0 bridgehead atoms. The van der Waals surface area contributed by atoms with Gasteiger partial charge in [-0.3, -0.25) is 0 Å². The van der Waals surface area contributed by atoms with Crippen molar-refractivity contribution in [3.8, 4) is 0 Å². The molecule has 0 amide bonds. The van der Waals surface area contributed by atoms with E-state index in [1.54, 1.807) is 11.1 Å². The molecule has 1 aliphatic carbocycles. The Kier molecular flexibility index (Phi) is 1.82. The molecule has 4 rings (SSSR count). The van der Waals surface area contributed by atoms with E-state index in [0.29, 0.717) is 6.04 Å². The molecule has 2 aromatic rings. The van der Waals surface area contributed by atoms with Crippen molar-refractivity contribution in [2.24, 2.45) is 0 Å². The van der Waals surface area contributed by atoms with E-state index in [2.05, 4.69) is 41.8 Å². The second-order valence-electron chi connectivity index (χ2n) is 5.37. The SMILES string of the molecule is CC1=C2CCCCC2n2c1cc1ccccc12. The van der Waals surface area contributed by atoms with Crippen LogP contribution in [0, 0.1) is 0 Å². The van der Waals surface area contributed by atoms with Crippen molar-refractivity contribution < 1.29 is 0 Å². The first-order chi connectivity index (χ1) is 8.36. The number of benzene rings is 1. The summed E-state index contributed by atoms with van der Waals surface area (Å²) in [4.78, 5) is 0. The summed E-state index contributed by atoms with van der Waals surface area (Å²) in [6, 6.07) is 11.8. The molecule has 86 valence electrons. The van der Waals surface area contributed by atoms with Crippen LogP contribution in [0.1, 0.15) is 44.3 Å². The molecule has 0 saturated heterocycles. The molecule has 1 nitrogen and oxygen atoms in total. The molecule has 1 aromatic carbocycles. The predicted molar refractivity (Wildman–Crippen MR) is 72.0 cm³/mol. The summed E-state index contributed by atoms with van der Waals surface area (Å²) in [7, 11) is 0. The molecule has 1 fully saturated rings. The second kappa shape index (κ2) is 3.25. The Labute approximate surface area is 102 Å². The fourth-order valence-corrected chi connectivity index (χ4v) is 3.68. The summed E-state index contributed by atoms with van der Waals surface area (Å²) < 4.78 is 2.58. The van der Waals surface area contributed by atoms with Gasteiger partial charge in [0.05, 0.1) is 6.04 Å². The zero-order valence-corrected chi connectivity index (χ0v) is 10.2. The van der Waals surface area contributed by atoms with Gasteiger partial charge in [0.1, 0.15) is 0 Å². The summed E-state index contributed by atoms with van der Waals surface area (Å²) in [5.41, 5.74) is 6.14. The molecule has 1 unspecified atom stereocenters. The van der Waals surface area contributed by atoms with Crippen molar-refractivity contribution in [3.05, 3.63) is 41.6 Å². The number of allylic oxidation sites excluding steroid dienone is 2. The van der Waals surface area contributed by atoms with Crippen molar-refractivity contribution >= 4 is 16.5 Å². The highest BCUT2D eigenvalue weighted by Gasteiger charge is 2.31. The standard InChI is InChI=1S/C16H17N/c1-11-13-7-3-5-9-15(13)17-14-8-4-2-6-12(14)10-16(11)17/h2,4,6,8,10,15H,3,5,7,9H2,1H3. The molecule has 17 heavy (non-hydrogen) atoms. The number of rotatable bonds is 0. The van der Waals surface area contributed by atoms with Gasteiger partial charge in [-0.15, -0.1) is 0 Å². The average molecular weight is 223 g/mol. The Hall–Kier alpha value is -1.50. The molecular weight excluding hydrogens is 206 g/mol. The number of hydrogen-bond donors (Lipinski definition) is 0. The Morgan fingerprint density at radius 2 is 2.06 bits per heavy atom. The second-order valence-corrected chi connectivity index (χ2v) is 5.37. The summed E-state index contributed by atoms with van der Waals surface area (Å²) in [5.74, 6) is 0. The Balaban J connectivity index is 2.03. The minimum Gasteiger partial charge on any atom is -0.333 e. The van der Waals surface area contributed by atoms with Gasteiger partial charge in [0.15, 0.2) is 0 Å². The van der Waals surface area contributed by atoms with Gasteiger partial charge in [0, 0.05) is 16.6 Å². The molecule has 1 saturated carbocycles. The van der Waals surface area contributed by atoms with Crippen molar-refractivity contribution in [1.29, 1.82) is 0 Å². The van der Waals surface area contributed by atoms with Crippen LogP contribution < -0.4 is 0 Å². The number of hydrogen-bond acceptors (Lipinski definition) is 0. The van der Waals surface area contributed by atoms with Crippen molar-refractivity contribution in [3.63, 3.8) is 0 Å². The molecule has 1 aliphatic heterocycles. The van der Waals surface area contributed by atoms with Crippen LogP contribution in [0.4, 0.5) is 0 Å². The first kappa shape index (κ1) is 9.52. The monoisotopic (exact) mass is 223 g/mol. The highest BCUT2D eigenvalue weighted by atomic mass is 15.1. The van der Waals surface area contributed by atoms with Crippen LogP contribution in [0.15, 0.2) is 35.9 Å². The van der Waals surface area contributed by atoms with Crippen LogP contribution in [-0.4, -0.2) is 4.57 Å². The third-order valence-electron chi connectivity index (χ3n) is 4.50. The van der Waals surface area contributed by atoms with E-state index in [-0.39, 0.29) is 0 Å². The third kappa shape index (κ3) is 1.14. The maximum Gasteiger partial charge on any atom is 0.0558 e. The van der Waals surface area contributed by atoms with Crippen LogP contribution >= 0.6 is 0 Å². The molecule has 2 heterocycles. The zero-order valence-electron chi connectivity index (χ0n) is 10.2. The Morgan fingerprint density at radius 1 is 1.18 bits per heavy atom. The van der Waals surface area contributed by atoms with Gasteiger partial charge in [-0.2, -0.15) is 0 Å². The van der Waals surface area contributed by atoms with Crippen LogP contribution in [0.3, 0.4) is 0 Å². The van der Waals surface area contributed by atoms with Crippen molar-refractivity contribution in [1.82, 2.24) is 4.57 Å². The largest absolute Gasteiger partial charge is 0.333 e. The first-order valence-electron chi connectivity index (χ1n) is 6.66. The van der Waals surface area contributed by atoms with Gasteiger partial charge < -0.3 is 4.57 Å². The summed E-state index contributed by atoms with van der Waals surface area (Å²) >= 11 is 0. The maximum atomic E-state index is 2.58. The van der Waals surface area contributed by atoms with Gasteiger partial charge in [0.25, 0.3) is 0 Å². The molecule has 1 heteroatoms. The first-order valence-corrected chi connectivity index (χ1v) is 6.66. The van der Waals surface area contributed by atoms with E-state index < -0.39 is 0 Å². The van der Waals surface area contributed by atoms with E-state index in [9.17, 15) is 0 Å². The van der Waals surface area contributed by atoms with E-state index >= 15 is 0 Å². The van der Waals surface area contributed by atoms with E-state index in [0.717, 1.165) is 0 Å². The summed E-state index contributed by atoms with van der Waals surface area (Å²) in [6.45, 7) is 2.31. The number of para-hydroxylation sites is 1. The lowest BCUT2D eigenvalue weighted by molar-refractivity contribution is 0.463. The number of nitrogens with zero attached hydrogens (tertiary/aromatic N) is 1. The lowest BCUT2D eigenvalue weighted by Gasteiger charge is -2.24. The molecule has 0 N–H and O–H groups in total. The van der Waals surface area contributed by atoms with Gasteiger partial charge >= 0.3 is 0 Å². The van der Waals surface area contributed by atoms with Gasteiger partial charge in [-0.05, 0) is 49.5 Å². The fourth-order valence-electron chi connectivity index (χ4n) is 3.68. The van der Waals surface area contributed by atoms with Crippen LogP contribution in [0.5, 0.6) is 0 Å². The molecular formula is C16H17N. The summed E-state index contributed by atoms with van der Waals surface area (Å²) in [5, 5.41) is 1.39. The molecule has 0 radical (unpaired) electrons. The smallest absolute Gasteiger partial charge is 0.0558 e. The third-order valence-corrected chi connectivity index (χ3v) is 4.50. The molecule has 0 spiro atoms. The Bertz CT molecular complexity index is 630. The molecule has 1 aromatic heterocycles. The quantitative estimate of drug-likeness (QED) is 0.617. The molecule has 2 aliphatic rings.